The number of aromatic nitrogens is 4. The maximum atomic E-state index is 12.2. The van der Waals surface area contributed by atoms with Crippen LogP contribution in [0, 0.1) is 13.8 Å². The van der Waals surface area contributed by atoms with E-state index in [9.17, 15) is 4.79 Å². The molecule has 0 aliphatic carbocycles. The van der Waals surface area contributed by atoms with E-state index < -0.39 is 0 Å². The van der Waals surface area contributed by atoms with E-state index in [0.29, 0.717) is 12.2 Å². The van der Waals surface area contributed by atoms with Crippen molar-refractivity contribution in [1.82, 2.24) is 24.7 Å². The minimum Gasteiger partial charge on any atom is -0.359 e. The Kier molecular flexibility index (Phi) is 3.30. The zero-order valence-electron chi connectivity index (χ0n) is 13.2. The second-order valence-electron chi connectivity index (χ2n) is 6.22. The van der Waals surface area contributed by atoms with Crippen LogP contribution in [-0.4, -0.2) is 31.2 Å². The molecule has 0 aromatic carbocycles. The van der Waals surface area contributed by atoms with E-state index >= 15 is 0 Å². The first-order valence-corrected chi connectivity index (χ1v) is 7.86. The second kappa shape index (κ2) is 5.34. The van der Waals surface area contributed by atoms with Crippen LogP contribution in [0.4, 0.5) is 0 Å². The Bertz CT molecular complexity index is 907. The molecule has 1 aliphatic heterocycles. The van der Waals surface area contributed by atoms with Crippen molar-refractivity contribution in [3.05, 3.63) is 51.4 Å². The molecular formula is C16H19N5O2. The van der Waals surface area contributed by atoms with Crippen molar-refractivity contribution >= 4 is 5.65 Å². The minimum absolute atomic E-state index is 0.0793. The monoisotopic (exact) mass is 313 g/mol. The summed E-state index contributed by atoms with van der Waals surface area (Å²) in [7, 11) is 0. The number of nitrogens with one attached hydrogen (secondary N) is 1. The van der Waals surface area contributed by atoms with Crippen LogP contribution in [0.5, 0.6) is 0 Å². The van der Waals surface area contributed by atoms with Crippen LogP contribution in [0.15, 0.2) is 27.5 Å². The Morgan fingerprint density at radius 1 is 1.35 bits per heavy atom. The standard InChI is InChI=1S/C16H19N5O2/c1-10-7-15-17-12(8-16(22)21(15)18-10)9-20-5-3-4-13(20)14-6-11(2)19-23-14/h6-8,13,18H,3-5,9H2,1-2H3. The molecule has 0 saturated carbocycles. The van der Waals surface area contributed by atoms with Gasteiger partial charge in [0.1, 0.15) is 0 Å². The van der Waals surface area contributed by atoms with E-state index in [1.807, 2.05) is 26.0 Å². The van der Waals surface area contributed by atoms with Gasteiger partial charge < -0.3 is 4.52 Å². The fraction of sp³-hybridized carbons (Fsp3) is 0.438. The lowest BCUT2D eigenvalue weighted by Gasteiger charge is -2.21. The van der Waals surface area contributed by atoms with Gasteiger partial charge in [0.25, 0.3) is 5.56 Å². The smallest absolute Gasteiger partial charge is 0.272 e. The van der Waals surface area contributed by atoms with Crippen LogP contribution >= 0.6 is 0 Å². The van der Waals surface area contributed by atoms with Gasteiger partial charge in [0, 0.05) is 30.4 Å². The molecule has 1 fully saturated rings. The summed E-state index contributed by atoms with van der Waals surface area (Å²) in [5.41, 5.74) is 3.19. The van der Waals surface area contributed by atoms with E-state index in [-0.39, 0.29) is 11.6 Å². The van der Waals surface area contributed by atoms with Gasteiger partial charge in [0.15, 0.2) is 11.4 Å². The summed E-state index contributed by atoms with van der Waals surface area (Å²) in [6, 6.07) is 5.68. The first-order valence-electron chi connectivity index (χ1n) is 7.86. The number of aromatic amines is 1. The lowest BCUT2D eigenvalue weighted by Crippen LogP contribution is -2.25. The highest BCUT2D eigenvalue weighted by Crippen LogP contribution is 2.33. The molecule has 3 aromatic heterocycles. The largest absolute Gasteiger partial charge is 0.359 e. The van der Waals surface area contributed by atoms with E-state index in [4.69, 9.17) is 4.52 Å². The zero-order valence-corrected chi connectivity index (χ0v) is 13.2. The van der Waals surface area contributed by atoms with Crippen molar-refractivity contribution in [3.63, 3.8) is 0 Å². The Hall–Kier alpha value is -2.41. The second-order valence-corrected chi connectivity index (χ2v) is 6.22. The van der Waals surface area contributed by atoms with E-state index in [0.717, 1.165) is 42.2 Å². The number of H-pyrrole nitrogens is 1. The van der Waals surface area contributed by atoms with Gasteiger partial charge in [-0.15, -0.1) is 0 Å². The minimum atomic E-state index is -0.0793. The fourth-order valence-corrected chi connectivity index (χ4v) is 3.33. The number of likely N-dealkylation sites (tertiary alicyclic amines) is 1. The highest BCUT2D eigenvalue weighted by molar-refractivity contribution is 5.39. The maximum absolute atomic E-state index is 12.2. The fourth-order valence-electron chi connectivity index (χ4n) is 3.33. The molecule has 4 heterocycles. The van der Waals surface area contributed by atoms with Crippen LogP contribution in [0.1, 0.15) is 41.7 Å². The third-order valence-corrected chi connectivity index (χ3v) is 4.33. The number of aryl methyl sites for hydroxylation is 2. The zero-order chi connectivity index (χ0) is 16.0. The summed E-state index contributed by atoms with van der Waals surface area (Å²) in [5, 5.41) is 6.98. The third kappa shape index (κ3) is 2.57. The lowest BCUT2D eigenvalue weighted by molar-refractivity contribution is 0.204. The molecule has 3 aromatic rings. The number of rotatable bonds is 3. The van der Waals surface area contributed by atoms with Gasteiger partial charge in [-0.05, 0) is 33.2 Å². The number of hydrogen-bond acceptors (Lipinski definition) is 5. The predicted octanol–water partition coefficient (Wildman–Crippen LogP) is 1.96. The maximum Gasteiger partial charge on any atom is 0.272 e. The first kappa shape index (κ1) is 14.2. The van der Waals surface area contributed by atoms with E-state index in [1.165, 1.54) is 4.52 Å². The highest BCUT2D eigenvalue weighted by Gasteiger charge is 2.29. The molecular weight excluding hydrogens is 294 g/mol. The van der Waals surface area contributed by atoms with Gasteiger partial charge in [-0.2, -0.15) is 0 Å². The quantitative estimate of drug-likeness (QED) is 0.799. The molecule has 1 unspecified atom stereocenters. The molecule has 0 amide bonds. The summed E-state index contributed by atoms with van der Waals surface area (Å²) < 4.78 is 6.90. The molecule has 1 saturated heterocycles. The normalized spacial score (nSPS) is 19.0. The molecule has 1 atom stereocenters. The molecule has 0 spiro atoms. The SMILES string of the molecule is Cc1cc(C2CCCN2Cc2cc(=O)n3[nH]c(C)cc3n2)on1. The Morgan fingerprint density at radius 3 is 3.00 bits per heavy atom. The van der Waals surface area contributed by atoms with Gasteiger partial charge in [-0.25, -0.2) is 9.50 Å². The molecule has 120 valence electrons. The summed E-state index contributed by atoms with van der Waals surface area (Å²) >= 11 is 0. The molecule has 7 nitrogen and oxygen atoms in total. The number of fused-ring (bicyclic) bond motifs is 1. The summed E-state index contributed by atoms with van der Waals surface area (Å²) in [6.45, 7) is 5.45. The van der Waals surface area contributed by atoms with Crippen LogP contribution in [0.2, 0.25) is 0 Å². The molecule has 0 bridgehead atoms. The Balaban J connectivity index is 1.63. The van der Waals surface area contributed by atoms with Gasteiger partial charge in [-0.1, -0.05) is 5.16 Å². The molecule has 0 radical (unpaired) electrons. The summed E-state index contributed by atoms with van der Waals surface area (Å²) in [6.07, 6.45) is 2.15. The van der Waals surface area contributed by atoms with Crippen LogP contribution in [0.25, 0.3) is 5.65 Å². The van der Waals surface area contributed by atoms with Crippen molar-refractivity contribution in [3.8, 4) is 0 Å². The molecule has 7 heteroatoms. The summed E-state index contributed by atoms with van der Waals surface area (Å²) in [4.78, 5) is 19.1. The third-order valence-electron chi connectivity index (χ3n) is 4.33. The van der Waals surface area contributed by atoms with E-state index in [1.54, 1.807) is 6.07 Å². The Labute approximate surface area is 132 Å². The van der Waals surface area contributed by atoms with Crippen LogP contribution in [-0.2, 0) is 6.54 Å². The van der Waals surface area contributed by atoms with Gasteiger partial charge in [0.05, 0.1) is 17.4 Å². The van der Waals surface area contributed by atoms with Crippen molar-refractivity contribution < 1.29 is 4.52 Å². The number of hydrogen-bond donors (Lipinski definition) is 1. The molecule has 23 heavy (non-hydrogen) atoms. The predicted molar refractivity (Wildman–Crippen MR) is 84.2 cm³/mol. The van der Waals surface area contributed by atoms with Gasteiger partial charge >= 0.3 is 0 Å². The average Bonchev–Trinajstić information content (AvgIpc) is 3.18. The topological polar surface area (TPSA) is 79.4 Å². The van der Waals surface area contributed by atoms with E-state index in [2.05, 4.69) is 20.1 Å². The summed E-state index contributed by atoms with van der Waals surface area (Å²) in [5.74, 6) is 0.898. The van der Waals surface area contributed by atoms with Crippen molar-refractivity contribution in [1.29, 1.82) is 0 Å². The molecule has 4 rings (SSSR count). The Morgan fingerprint density at radius 2 is 2.22 bits per heavy atom. The first-order chi connectivity index (χ1) is 11.1. The van der Waals surface area contributed by atoms with Crippen LogP contribution < -0.4 is 5.56 Å². The number of nitrogens with zero attached hydrogens (tertiary/aromatic N) is 4. The highest BCUT2D eigenvalue weighted by atomic mass is 16.5. The van der Waals surface area contributed by atoms with Crippen molar-refractivity contribution in [2.75, 3.05) is 6.54 Å². The van der Waals surface area contributed by atoms with Gasteiger partial charge in [-0.3, -0.25) is 14.8 Å². The lowest BCUT2D eigenvalue weighted by atomic mass is 10.1. The molecule has 1 N–H and O–H groups in total. The van der Waals surface area contributed by atoms with Crippen molar-refractivity contribution in [2.45, 2.75) is 39.3 Å². The van der Waals surface area contributed by atoms with Crippen molar-refractivity contribution in [2.24, 2.45) is 0 Å². The average molecular weight is 313 g/mol. The van der Waals surface area contributed by atoms with Gasteiger partial charge in [0.2, 0.25) is 0 Å². The van der Waals surface area contributed by atoms with Crippen LogP contribution in [0.3, 0.4) is 0 Å². The molecule has 1 aliphatic rings.